The molecule has 3 aromatic rings. The Hall–Kier alpha value is -3.07. The van der Waals surface area contributed by atoms with E-state index < -0.39 is 0 Å². The average Bonchev–Trinajstić information content (AvgIpc) is 2.95. The first-order valence-corrected chi connectivity index (χ1v) is 14.5. The van der Waals surface area contributed by atoms with E-state index in [0.29, 0.717) is 18.0 Å². The molecule has 0 spiro atoms. The Bertz CT molecular complexity index is 1300. The van der Waals surface area contributed by atoms with Crippen LogP contribution < -0.4 is 15.1 Å². The summed E-state index contributed by atoms with van der Waals surface area (Å²) in [6.45, 7) is 5.07. The molecule has 1 unspecified atom stereocenters. The Labute approximate surface area is 238 Å². The zero-order valence-electron chi connectivity index (χ0n) is 21.7. The molecule has 1 saturated heterocycles. The molecule has 0 bridgehead atoms. The normalized spacial score (nSPS) is 17.7. The van der Waals surface area contributed by atoms with E-state index in [0.717, 1.165) is 61.0 Å². The summed E-state index contributed by atoms with van der Waals surface area (Å²) in [4.78, 5) is 33.6. The highest BCUT2D eigenvalue weighted by atomic mass is 35.5. The summed E-state index contributed by atoms with van der Waals surface area (Å²) in [7, 11) is 0. The molecular formula is C30H32ClFN4O2S. The summed E-state index contributed by atoms with van der Waals surface area (Å²) in [6, 6.07) is 21.9. The topological polar surface area (TPSA) is 55.9 Å². The lowest BCUT2D eigenvalue weighted by molar-refractivity contribution is -0.123. The second-order valence-corrected chi connectivity index (χ2v) is 11.5. The summed E-state index contributed by atoms with van der Waals surface area (Å²) >= 11 is 7.89. The largest absolute Gasteiger partial charge is 0.369 e. The number of carbonyl (C=O) groups excluding carboxylic acids is 2. The number of para-hydroxylation sites is 1. The lowest BCUT2D eigenvalue weighted by atomic mass is 10.1. The number of carbonyl (C=O) groups is 2. The van der Waals surface area contributed by atoms with Crippen LogP contribution in [-0.2, 0) is 16.0 Å². The van der Waals surface area contributed by atoms with Crippen LogP contribution in [0.15, 0.2) is 77.7 Å². The molecule has 204 valence electrons. The minimum Gasteiger partial charge on any atom is -0.369 e. The van der Waals surface area contributed by atoms with Gasteiger partial charge in [0.2, 0.25) is 11.8 Å². The van der Waals surface area contributed by atoms with Gasteiger partial charge in [-0.3, -0.25) is 14.5 Å². The SMILES string of the molecule is O=C(CN1C(=O)C(Cc2ccccc2Cl)Sc2ccccc21)NCCCN1CCN(c2ccc(F)cc2)CC1. The van der Waals surface area contributed by atoms with Crippen LogP contribution >= 0.6 is 23.4 Å². The number of anilines is 2. The van der Waals surface area contributed by atoms with Crippen molar-refractivity contribution in [3.63, 3.8) is 0 Å². The molecule has 2 heterocycles. The maximum absolute atomic E-state index is 13.5. The van der Waals surface area contributed by atoms with Gasteiger partial charge < -0.3 is 15.1 Å². The van der Waals surface area contributed by atoms with Crippen molar-refractivity contribution in [1.82, 2.24) is 10.2 Å². The molecule has 1 fully saturated rings. The van der Waals surface area contributed by atoms with Gasteiger partial charge in [-0.25, -0.2) is 4.39 Å². The van der Waals surface area contributed by atoms with Gasteiger partial charge in [-0.2, -0.15) is 0 Å². The van der Waals surface area contributed by atoms with Crippen LogP contribution in [0.3, 0.4) is 0 Å². The van der Waals surface area contributed by atoms with Gasteiger partial charge in [0, 0.05) is 48.3 Å². The Morgan fingerprint density at radius 2 is 1.69 bits per heavy atom. The van der Waals surface area contributed by atoms with Gasteiger partial charge in [0.25, 0.3) is 0 Å². The summed E-state index contributed by atoms with van der Waals surface area (Å²) in [5, 5.41) is 3.30. The van der Waals surface area contributed by atoms with Crippen LogP contribution in [0.4, 0.5) is 15.8 Å². The van der Waals surface area contributed by atoms with E-state index in [4.69, 9.17) is 11.6 Å². The number of fused-ring (bicyclic) bond motifs is 1. The molecule has 1 N–H and O–H groups in total. The van der Waals surface area contributed by atoms with E-state index >= 15 is 0 Å². The van der Waals surface area contributed by atoms with Crippen molar-refractivity contribution < 1.29 is 14.0 Å². The molecule has 5 rings (SSSR count). The number of rotatable bonds is 9. The number of nitrogens with one attached hydrogen (secondary N) is 1. The molecule has 2 aliphatic rings. The van der Waals surface area contributed by atoms with Gasteiger partial charge in [-0.15, -0.1) is 11.8 Å². The van der Waals surface area contributed by atoms with Gasteiger partial charge in [0.15, 0.2) is 0 Å². The molecule has 3 aromatic carbocycles. The number of thioether (sulfide) groups is 1. The van der Waals surface area contributed by atoms with Gasteiger partial charge >= 0.3 is 0 Å². The standard InChI is InChI=1S/C30H32ClFN4O2S/c31-25-7-2-1-6-22(25)20-28-30(38)36(26-8-3-4-9-27(26)39-28)21-29(37)33-14-5-15-34-16-18-35(19-17-34)24-12-10-23(32)11-13-24/h1-4,6-13,28H,5,14-21H2,(H,33,37). The van der Waals surface area contributed by atoms with Crippen LogP contribution in [0.1, 0.15) is 12.0 Å². The Balaban J connectivity index is 1.10. The summed E-state index contributed by atoms with van der Waals surface area (Å²) in [5.41, 5.74) is 2.74. The summed E-state index contributed by atoms with van der Waals surface area (Å²) in [6.07, 6.45) is 1.34. The van der Waals surface area contributed by atoms with Crippen molar-refractivity contribution in [1.29, 1.82) is 0 Å². The molecule has 0 aromatic heterocycles. The second-order valence-electron chi connectivity index (χ2n) is 9.80. The lowest BCUT2D eigenvalue weighted by Crippen LogP contribution is -2.48. The lowest BCUT2D eigenvalue weighted by Gasteiger charge is -2.36. The molecule has 39 heavy (non-hydrogen) atoms. The van der Waals surface area contributed by atoms with E-state index in [1.807, 2.05) is 60.7 Å². The van der Waals surface area contributed by atoms with Crippen LogP contribution in [-0.4, -0.2) is 67.8 Å². The predicted molar refractivity (Wildman–Crippen MR) is 156 cm³/mol. The third-order valence-electron chi connectivity index (χ3n) is 7.17. The van der Waals surface area contributed by atoms with Crippen molar-refractivity contribution in [2.24, 2.45) is 0 Å². The molecule has 2 aliphatic heterocycles. The average molecular weight is 567 g/mol. The third-order valence-corrected chi connectivity index (χ3v) is 8.79. The van der Waals surface area contributed by atoms with Gasteiger partial charge in [-0.05, 0) is 67.4 Å². The fourth-order valence-electron chi connectivity index (χ4n) is 5.04. The van der Waals surface area contributed by atoms with E-state index in [1.54, 1.807) is 4.90 Å². The van der Waals surface area contributed by atoms with Crippen LogP contribution in [0.25, 0.3) is 0 Å². The number of halogens is 2. The smallest absolute Gasteiger partial charge is 0.241 e. The van der Waals surface area contributed by atoms with Crippen LogP contribution in [0, 0.1) is 5.82 Å². The number of nitrogens with zero attached hydrogens (tertiary/aromatic N) is 3. The minimum absolute atomic E-state index is 0.00816. The Kier molecular flexibility index (Phi) is 9.06. The molecule has 0 aliphatic carbocycles. The van der Waals surface area contributed by atoms with Crippen molar-refractivity contribution in [3.05, 3.63) is 89.2 Å². The summed E-state index contributed by atoms with van der Waals surface area (Å²) in [5.74, 6) is -0.459. The number of piperazine rings is 1. The fourth-order valence-corrected chi connectivity index (χ4v) is 6.51. The van der Waals surface area contributed by atoms with E-state index in [2.05, 4.69) is 15.1 Å². The monoisotopic (exact) mass is 566 g/mol. The number of hydrogen-bond acceptors (Lipinski definition) is 5. The van der Waals surface area contributed by atoms with E-state index in [-0.39, 0.29) is 29.4 Å². The van der Waals surface area contributed by atoms with Gasteiger partial charge in [0.05, 0.1) is 10.9 Å². The highest BCUT2D eigenvalue weighted by molar-refractivity contribution is 8.01. The van der Waals surface area contributed by atoms with Crippen LogP contribution in [0.5, 0.6) is 0 Å². The van der Waals surface area contributed by atoms with Crippen molar-refractivity contribution in [2.45, 2.75) is 23.0 Å². The highest BCUT2D eigenvalue weighted by Gasteiger charge is 2.34. The van der Waals surface area contributed by atoms with Gasteiger partial charge in [0.1, 0.15) is 12.4 Å². The van der Waals surface area contributed by atoms with Gasteiger partial charge in [-0.1, -0.05) is 41.9 Å². The number of hydrogen-bond donors (Lipinski definition) is 1. The maximum atomic E-state index is 13.5. The fraction of sp³-hybridized carbons (Fsp3) is 0.333. The maximum Gasteiger partial charge on any atom is 0.241 e. The molecular weight excluding hydrogens is 535 g/mol. The molecule has 0 saturated carbocycles. The Morgan fingerprint density at radius 1 is 0.974 bits per heavy atom. The van der Waals surface area contributed by atoms with Crippen LogP contribution in [0.2, 0.25) is 5.02 Å². The third kappa shape index (κ3) is 6.93. The zero-order valence-corrected chi connectivity index (χ0v) is 23.3. The van der Waals surface area contributed by atoms with Crippen molar-refractivity contribution >= 4 is 46.6 Å². The quantitative estimate of drug-likeness (QED) is 0.375. The summed E-state index contributed by atoms with van der Waals surface area (Å²) < 4.78 is 13.2. The second kappa shape index (κ2) is 12.9. The highest BCUT2D eigenvalue weighted by Crippen LogP contribution is 2.40. The van der Waals surface area contributed by atoms with Crippen molar-refractivity contribution in [3.8, 4) is 0 Å². The molecule has 2 amide bonds. The first-order chi connectivity index (χ1) is 19.0. The molecule has 0 radical (unpaired) electrons. The number of amides is 2. The minimum atomic E-state index is -0.346. The molecule has 6 nitrogen and oxygen atoms in total. The Morgan fingerprint density at radius 3 is 2.46 bits per heavy atom. The van der Waals surface area contributed by atoms with E-state index in [9.17, 15) is 14.0 Å². The number of benzene rings is 3. The first-order valence-electron chi connectivity index (χ1n) is 13.3. The van der Waals surface area contributed by atoms with E-state index in [1.165, 1.54) is 23.9 Å². The molecule has 9 heteroatoms. The first kappa shape index (κ1) is 27.5. The molecule has 1 atom stereocenters. The van der Waals surface area contributed by atoms with Crippen molar-refractivity contribution in [2.75, 3.05) is 55.6 Å². The predicted octanol–water partition coefficient (Wildman–Crippen LogP) is 4.86. The zero-order chi connectivity index (χ0) is 27.2.